The normalized spacial score (nSPS) is 10.9. The van der Waals surface area contributed by atoms with Gasteiger partial charge in [-0.05, 0) is 73.9 Å². The smallest absolute Gasteiger partial charge is 0.255 e. The molecule has 0 aliphatic heterocycles. The molecule has 0 fully saturated rings. The number of hydrogen-bond donors (Lipinski definition) is 2. The standard InChI is InChI=1S/C24H24N4O2/c1-5-21-19-8-9-22(26-23(19)28-27-21)20-13-17(7-6-15(20)3)25-24(29)16-10-14(2)11-18(12-16)30-4/h6-13H,5H2,1-4H3,(H,25,29)(H,26,27,28). The van der Waals surface area contributed by atoms with Crippen molar-refractivity contribution in [2.45, 2.75) is 27.2 Å². The van der Waals surface area contributed by atoms with Crippen LogP contribution in [0.4, 0.5) is 5.69 Å². The average Bonchev–Trinajstić information content (AvgIpc) is 3.16. The van der Waals surface area contributed by atoms with Crippen LogP contribution in [0.1, 0.15) is 34.1 Å². The molecule has 0 radical (unpaired) electrons. The van der Waals surface area contributed by atoms with E-state index in [1.165, 1.54) is 0 Å². The van der Waals surface area contributed by atoms with Crippen molar-refractivity contribution in [1.29, 1.82) is 0 Å². The lowest BCUT2D eigenvalue weighted by molar-refractivity contribution is 0.102. The monoisotopic (exact) mass is 400 g/mol. The SMILES string of the molecule is CCc1n[nH]c2nc(-c3cc(NC(=O)c4cc(C)cc(OC)c4)ccc3C)ccc12. The van der Waals surface area contributed by atoms with Crippen molar-refractivity contribution in [1.82, 2.24) is 15.2 Å². The van der Waals surface area contributed by atoms with Gasteiger partial charge in [-0.2, -0.15) is 5.10 Å². The van der Waals surface area contributed by atoms with Crippen LogP contribution in [0.15, 0.2) is 48.5 Å². The summed E-state index contributed by atoms with van der Waals surface area (Å²) in [6.45, 7) is 6.04. The minimum atomic E-state index is -0.184. The number of nitrogens with one attached hydrogen (secondary N) is 2. The van der Waals surface area contributed by atoms with E-state index in [-0.39, 0.29) is 5.91 Å². The Hall–Kier alpha value is -3.67. The summed E-state index contributed by atoms with van der Waals surface area (Å²) in [5.74, 6) is 0.477. The summed E-state index contributed by atoms with van der Waals surface area (Å²) in [6.07, 6.45) is 0.852. The second-order valence-corrected chi connectivity index (χ2v) is 7.34. The van der Waals surface area contributed by atoms with Crippen molar-refractivity contribution < 1.29 is 9.53 Å². The molecule has 6 heteroatoms. The third-order valence-electron chi connectivity index (χ3n) is 5.16. The van der Waals surface area contributed by atoms with Crippen LogP contribution in [-0.2, 0) is 6.42 Å². The van der Waals surface area contributed by atoms with Gasteiger partial charge in [0.2, 0.25) is 0 Å². The fourth-order valence-electron chi connectivity index (χ4n) is 3.55. The van der Waals surface area contributed by atoms with Crippen molar-refractivity contribution in [3.63, 3.8) is 0 Å². The molecule has 0 spiro atoms. The van der Waals surface area contributed by atoms with E-state index in [4.69, 9.17) is 9.72 Å². The number of benzene rings is 2. The number of aromatic amines is 1. The maximum atomic E-state index is 12.8. The molecule has 0 unspecified atom stereocenters. The molecule has 1 amide bonds. The predicted molar refractivity (Wildman–Crippen MR) is 119 cm³/mol. The number of anilines is 1. The Balaban J connectivity index is 1.65. The number of H-pyrrole nitrogens is 1. The number of methoxy groups -OCH3 is 1. The van der Waals surface area contributed by atoms with E-state index in [1.54, 1.807) is 13.2 Å². The van der Waals surface area contributed by atoms with Gasteiger partial charge in [0.05, 0.1) is 18.5 Å². The molecule has 0 atom stereocenters. The number of fused-ring (bicyclic) bond motifs is 1. The number of pyridine rings is 1. The summed E-state index contributed by atoms with van der Waals surface area (Å²) < 4.78 is 5.28. The Morgan fingerprint density at radius 3 is 2.70 bits per heavy atom. The number of ether oxygens (including phenoxy) is 1. The average molecular weight is 400 g/mol. The van der Waals surface area contributed by atoms with Crippen LogP contribution < -0.4 is 10.1 Å². The van der Waals surface area contributed by atoms with E-state index < -0.39 is 0 Å². The highest BCUT2D eigenvalue weighted by Gasteiger charge is 2.12. The molecule has 30 heavy (non-hydrogen) atoms. The predicted octanol–water partition coefficient (Wildman–Crippen LogP) is 5.07. The Kier molecular flexibility index (Phi) is 5.23. The molecular weight excluding hydrogens is 376 g/mol. The number of rotatable bonds is 5. The third-order valence-corrected chi connectivity index (χ3v) is 5.16. The van der Waals surface area contributed by atoms with E-state index in [0.29, 0.717) is 17.0 Å². The molecule has 152 valence electrons. The first-order chi connectivity index (χ1) is 14.5. The number of aryl methyl sites for hydroxylation is 3. The quantitative estimate of drug-likeness (QED) is 0.490. The van der Waals surface area contributed by atoms with Crippen molar-refractivity contribution >= 4 is 22.6 Å². The first-order valence-electron chi connectivity index (χ1n) is 9.90. The maximum absolute atomic E-state index is 12.8. The van der Waals surface area contributed by atoms with Crippen LogP contribution in [0.2, 0.25) is 0 Å². The number of carbonyl (C=O) groups is 1. The number of nitrogens with zero attached hydrogens (tertiary/aromatic N) is 2. The molecule has 4 aromatic rings. The largest absolute Gasteiger partial charge is 0.497 e. The van der Waals surface area contributed by atoms with Gasteiger partial charge < -0.3 is 10.1 Å². The van der Waals surface area contributed by atoms with E-state index in [0.717, 1.165) is 45.5 Å². The third kappa shape index (κ3) is 3.76. The summed E-state index contributed by atoms with van der Waals surface area (Å²) in [5.41, 5.74) is 6.88. The second kappa shape index (κ2) is 7.99. The van der Waals surface area contributed by atoms with Crippen LogP contribution in [0, 0.1) is 13.8 Å². The van der Waals surface area contributed by atoms with Crippen LogP contribution in [0.5, 0.6) is 5.75 Å². The zero-order valence-electron chi connectivity index (χ0n) is 17.5. The number of amides is 1. The first-order valence-corrected chi connectivity index (χ1v) is 9.90. The van der Waals surface area contributed by atoms with Crippen molar-refractivity contribution in [2.75, 3.05) is 12.4 Å². The summed E-state index contributed by atoms with van der Waals surface area (Å²) in [7, 11) is 1.59. The van der Waals surface area contributed by atoms with E-state index >= 15 is 0 Å². The molecule has 2 aromatic heterocycles. The number of hydrogen-bond acceptors (Lipinski definition) is 4. The molecule has 0 bridgehead atoms. The maximum Gasteiger partial charge on any atom is 0.255 e. The molecule has 6 nitrogen and oxygen atoms in total. The van der Waals surface area contributed by atoms with Gasteiger partial charge in [-0.1, -0.05) is 13.0 Å². The molecule has 2 aromatic carbocycles. The molecule has 2 heterocycles. The minimum Gasteiger partial charge on any atom is -0.497 e. The van der Waals surface area contributed by atoms with E-state index in [1.807, 2.05) is 56.3 Å². The Morgan fingerprint density at radius 1 is 1.10 bits per heavy atom. The van der Waals surface area contributed by atoms with Gasteiger partial charge in [-0.15, -0.1) is 0 Å². The first kappa shape index (κ1) is 19.6. The molecule has 0 aliphatic carbocycles. The van der Waals surface area contributed by atoms with E-state index in [2.05, 4.69) is 22.4 Å². The Bertz CT molecular complexity index is 1240. The molecule has 2 N–H and O–H groups in total. The lowest BCUT2D eigenvalue weighted by atomic mass is 10.0. The number of aromatic nitrogens is 3. The Labute approximate surface area is 175 Å². The molecule has 0 saturated heterocycles. The summed E-state index contributed by atoms with van der Waals surface area (Å²) in [5, 5.41) is 11.4. The van der Waals surface area contributed by atoms with Crippen molar-refractivity contribution in [2.24, 2.45) is 0 Å². The highest BCUT2D eigenvalue weighted by molar-refractivity contribution is 6.05. The summed E-state index contributed by atoms with van der Waals surface area (Å²) >= 11 is 0. The lowest BCUT2D eigenvalue weighted by Crippen LogP contribution is -2.12. The fraction of sp³-hybridized carbons (Fsp3) is 0.208. The van der Waals surface area contributed by atoms with Crippen LogP contribution in [0.25, 0.3) is 22.3 Å². The van der Waals surface area contributed by atoms with Crippen LogP contribution in [-0.4, -0.2) is 28.2 Å². The van der Waals surface area contributed by atoms with Gasteiger partial charge in [0, 0.05) is 22.2 Å². The van der Waals surface area contributed by atoms with Gasteiger partial charge in [0.1, 0.15) is 5.75 Å². The second-order valence-electron chi connectivity index (χ2n) is 7.34. The fourth-order valence-corrected chi connectivity index (χ4v) is 3.55. The lowest BCUT2D eigenvalue weighted by Gasteiger charge is -2.11. The van der Waals surface area contributed by atoms with Gasteiger partial charge in [0.25, 0.3) is 5.91 Å². The van der Waals surface area contributed by atoms with Crippen LogP contribution in [0.3, 0.4) is 0 Å². The summed E-state index contributed by atoms with van der Waals surface area (Å²) in [6, 6.07) is 15.3. The van der Waals surface area contributed by atoms with Gasteiger partial charge in [-0.25, -0.2) is 4.98 Å². The van der Waals surface area contributed by atoms with Gasteiger partial charge in [0.15, 0.2) is 5.65 Å². The number of carbonyl (C=O) groups excluding carboxylic acids is 1. The highest BCUT2D eigenvalue weighted by Crippen LogP contribution is 2.28. The van der Waals surface area contributed by atoms with Gasteiger partial charge in [-0.3, -0.25) is 9.89 Å². The van der Waals surface area contributed by atoms with Crippen LogP contribution >= 0.6 is 0 Å². The topological polar surface area (TPSA) is 79.9 Å². The molecular formula is C24H24N4O2. The zero-order chi connectivity index (χ0) is 21.3. The zero-order valence-corrected chi connectivity index (χ0v) is 17.5. The Morgan fingerprint density at radius 2 is 1.93 bits per heavy atom. The minimum absolute atomic E-state index is 0.184. The highest BCUT2D eigenvalue weighted by atomic mass is 16.5. The van der Waals surface area contributed by atoms with Crippen molar-refractivity contribution in [3.05, 3.63) is 70.9 Å². The van der Waals surface area contributed by atoms with Crippen molar-refractivity contribution in [3.8, 4) is 17.0 Å². The molecule has 0 aliphatic rings. The summed E-state index contributed by atoms with van der Waals surface area (Å²) in [4.78, 5) is 17.5. The van der Waals surface area contributed by atoms with Gasteiger partial charge >= 0.3 is 0 Å². The van der Waals surface area contributed by atoms with E-state index in [9.17, 15) is 4.79 Å². The molecule has 4 rings (SSSR count). The molecule has 0 saturated carbocycles.